The average Bonchev–Trinajstić information content (AvgIpc) is 3.64. The Morgan fingerprint density at radius 2 is 1.04 bits per heavy atom. The van der Waals surface area contributed by atoms with Crippen molar-refractivity contribution in [1.82, 2.24) is 19.1 Å². The molecule has 0 amide bonds. The molecule has 10 aromatic rings. The van der Waals surface area contributed by atoms with E-state index in [0.717, 1.165) is 50.0 Å². The fraction of sp³-hybridized carbons (Fsp3) is 0. The van der Waals surface area contributed by atoms with Crippen LogP contribution in [0.3, 0.4) is 0 Å². The normalized spacial score (nSPS) is 11.9. The maximum Gasteiger partial charge on any atom is 0.166 e. The highest BCUT2D eigenvalue weighted by molar-refractivity contribution is 6.20. The summed E-state index contributed by atoms with van der Waals surface area (Å²) in [6.07, 6.45) is 0. The van der Waals surface area contributed by atoms with Crippen molar-refractivity contribution in [2.75, 3.05) is 0 Å². The molecular formula is C42H26N4. The molecule has 3 heterocycles. The molecule has 4 nitrogen and oxygen atoms in total. The molecular weight excluding hydrogens is 560 g/mol. The minimum absolute atomic E-state index is 0.703. The maximum atomic E-state index is 5.50. The molecule has 0 spiro atoms. The van der Waals surface area contributed by atoms with Crippen LogP contribution in [0.4, 0.5) is 0 Å². The Bertz CT molecular complexity index is 2790. The van der Waals surface area contributed by atoms with E-state index in [9.17, 15) is 0 Å². The molecule has 10 rings (SSSR count). The number of aromatic nitrogens is 4. The van der Waals surface area contributed by atoms with Crippen molar-refractivity contribution in [2.45, 2.75) is 0 Å². The van der Waals surface area contributed by atoms with Crippen LogP contribution in [-0.2, 0) is 0 Å². The first-order valence-corrected chi connectivity index (χ1v) is 15.6. The molecule has 0 aliphatic heterocycles. The Hall–Kier alpha value is -6.26. The Morgan fingerprint density at radius 1 is 0.391 bits per heavy atom. The summed E-state index contributed by atoms with van der Waals surface area (Å²) in [4.78, 5) is 10.9. The standard InChI is InChI=1S/C42H26N4/c1-3-14-28(15-4-1)41-43-38-35-25-29-16-7-8-17-30(29)26-37(35)45(31-18-5-2-6-19-31)40(38)42(44-41)46-36-22-12-11-21-33(36)34-24-23-27-13-9-10-20-32(27)39(34)46/h1-26H. The zero-order valence-corrected chi connectivity index (χ0v) is 24.8. The number of para-hydroxylation sites is 2. The van der Waals surface area contributed by atoms with Crippen molar-refractivity contribution >= 4 is 65.3 Å². The summed E-state index contributed by atoms with van der Waals surface area (Å²) in [7, 11) is 0. The van der Waals surface area contributed by atoms with E-state index in [2.05, 4.69) is 161 Å². The van der Waals surface area contributed by atoms with Crippen LogP contribution in [0.15, 0.2) is 158 Å². The van der Waals surface area contributed by atoms with Crippen LogP contribution < -0.4 is 0 Å². The molecule has 0 fully saturated rings. The number of hydrogen-bond donors (Lipinski definition) is 0. The summed E-state index contributed by atoms with van der Waals surface area (Å²) < 4.78 is 4.73. The van der Waals surface area contributed by atoms with Crippen LogP contribution in [0.25, 0.3) is 88.2 Å². The van der Waals surface area contributed by atoms with Gasteiger partial charge in [-0.1, -0.05) is 127 Å². The Balaban J connectivity index is 1.49. The first-order valence-electron chi connectivity index (χ1n) is 15.6. The summed E-state index contributed by atoms with van der Waals surface area (Å²) in [5.74, 6) is 1.56. The van der Waals surface area contributed by atoms with Gasteiger partial charge < -0.3 is 4.57 Å². The second-order valence-electron chi connectivity index (χ2n) is 11.9. The van der Waals surface area contributed by atoms with Crippen LogP contribution in [0.5, 0.6) is 0 Å². The molecule has 0 aliphatic carbocycles. The first-order chi connectivity index (χ1) is 22.8. The molecule has 0 saturated carbocycles. The van der Waals surface area contributed by atoms with E-state index in [1.54, 1.807) is 0 Å². The van der Waals surface area contributed by atoms with Gasteiger partial charge in [-0.2, -0.15) is 0 Å². The van der Waals surface area contributed by atoms with E-state index in [4.69, 9.17) is 9.97 Å². The third kappa shape index (κ3) is 3.55. The number of nitrogens with zero attached hydrogens (tertiary/aromatic N) is 4. The molecule has 7 aromatic carbocycles. The van der Waals surface area contributed by atoms with Crippen LogP contribution >= 0.6 is 0 Å². The molecule has 0 aliphatic rings. The summed E-state index contributed by atoms with van der Waals surface area (Å²) in [6.45, 7) is 0. The molecule has 0 radical (unpaired) electrons. The monoisotopic (exact) mass is 586 g/mol. The van der Waals surface area contributed by atoms with E-state index in [-0.39, 0.29) is 0 Å². The SMILES string of the molecule is c1ccc(-c2nc(-n3c4ccccc4c4ccc5ccccc5c43)c3c(n2)c2cc4ccccc4cc2n3-c2ccccc2)cc1. The fourth-order valence-electron chi connectivity index (χ4n) is 7.23. The lowest BCUT2D eigenvalue weighted by atomic mass is 10.1. The van der Waals surface area contributed by atoms with Gasteiger partial charge in [-0.25, -0.2) is 9.97 Å². The highest BCUT2D eigenvalue weighted by Crippen LogP contribution is 2.42. The molecule has 214 valence electrons. The number of fused-ring (bicyclic) bond motifs is 9. The molecule has 0 N–H and O–H groups in total. The molecule has 4 heteroatoms. The topological polar surface area (TPSA) is 35.6 Å². The van der Waals surface area contributed by atoms with Gasteiger partial charge in [0.05, 0.1) is 16.6 Å². The molecule has 0 unspecified atom stereocenters. The number of hydrogen-bond acceptors (Lipinski definition) is 2. The van der Waals surface area contributed by atoms with Gasteiger partial charge in [0.2, 0.25) is 0 Å². The van der Waals surface area contributed by atoms with Gasteiger partial charge in [-0.15, -0.1) is 0 Å². The van der Waals surface area contributed by atoms with Crippen molar-refractivity contribution in [2.24, 2.45) is 0 Å². The first kappa shape index (κ1) is 25.1. The van der Waals surface area contributed by atoms with Crippen molar-refractivity contribution in [1.29, 1.82) is 0 Å². The second kappa shape index (κ2) is 9.62. The van der Waals surface area contributed by atoms with Crippen LogP contribution in [0, 0.1) is 0 Å². The van der Waals surface area contributed by atoms with Gasteiger partial charge in [0, 0.05) is 32.8 Å². The second-order valence-corrected chi connectivity index (χ2v) is 11.9. The van der Waals surface area contributed by atoms with Gasteiger partial charge >= 0.3 is 0 Å². The minimum atomic E-state index is 0.703. The van der Waals surface area contributed by atoms with Gasteiger partial charge in [0.1, 0.15) is 11.0 Å². The molecule has 0 saturated heterocycles. The smallest absolute Gasteiger partial charge is 0.166 e. The van der Waals surface area contributed by atoms with Crippen molar-refractivity contribution in [3.8, 4) is 22.9 Å². The molecule has 0 bridgehead atoms. The quantitative estimate of drug-likeness (QED) is 0.206. The van der Waals surface area contributed by atoms with Gasteiger partial charge in [-0.05, 0) is 46.5 Å². The summed E-state index contributed by atoms with van der Waals surface area (Å²) in [5, 5.41) is 8.27. The third-order valence-corrected chi connectivity index (χ3v) is 9.27. The lowest BCUT2D eigenvalue weighted by molar-refractivity contribution is 1.05. The van der Waals surface area contributed by atoms with Crippen LogP contribution in [-0.4, -0.2) is 19.1 Å². The average molecular weight is 587 g/mol. The Labute approximate surface area is 264 Å². The summed E-state index contributed by atoms with van der Waals surface area (Å²) >= 11 is 0. The minimum Gasteiger partial charge on any atom is -0.305 e. The van der Waals surface area contributed by atoms with E-state index in [1.807, 2.05) is 6.07 Å². The lowest BCUT2D eigenvalue weighted by Crippen LogP contribution is -2.05. The van der Waals surface area contributed by atoms with Gasteiger partial charge in [0.25, 0.3) is 0 Å². The predicted molar refractivity (Wildman–Crippen MR) is 191 cm³/mol. The van der Waals surface area contributed by atoms with Crippen molar-refractivity contribution in [3.05, 3.63) is 158 Å². The zero-order chi connectivity index (χ0) is 30.2. The lowest BCUT2D eigenvalue weighted by Gasteiger charge is -2.15. The van der Waals surface area contributed by atoms with E-state index in [0.29, 0.717) is 5.82 Å². The summed E-state index contributed by atoms with van der Waals surface area (Å²) in [6, 6.07) is 55.9. The van der Waals surface area contributed by atoms with Crippen LogP contribution in [0.2, 0.25) is 0 Å². The predicted octanol–water partition coefficient (Wildman–Crippen LogP) is 10.6. The number of rotatable bonds is 3. The molecule has 0 atom stereocenters. The molecule has 3 aromatic heterocycles. The van der Waals surface area contributed by atoms with E-state index < -0.39 is 0 Å². The summed E-state index contributed by atoms with van der Waals surface area (Å²) in [5.41, 5.74) is 7.33. The third-order valence-electron chi connectivity index (χ3n) is 9.27. The zero-order valence-electron chi connectivity index (χ0n) is 24.8. The van der Waals surface area contributed by atoms with Gasteiger partial charge in [-0.3, -0.25) is 4.57 Å². The maximum absolute atomic E-state index is 5.50. The highest BCUT2D eigenvalue weighted by Gasteiger charge is 2.25. The van der Waals surface area contributed by atoms with Gasteiger partial charge in [0.15, 0.2) is 11.6 Å². The Morgan fingerprint density at radius 3 is 1.85 bits per heavy atom. The fourth-order valence-corrected chi connectivity index (χ4v) is 7.23. The van der Waals surface area contributed by atoms with Crippen molar-refractivity contribution in [3.63, 3.8) is 0 Å². The number of benzene rings is 7. The van der Waals surface area contributed by atoms with E-state index in [1.165, 1.54) is 32.3 Å². The largest absolute Gasteiger partial charge is 0.305 e. The van der Waals surface area contributed by atoms with E-state index >= 15 is 0 Å². The highest BCUT2D eigenvalue weighted by atomic mass is 15.1. The Kier molecular flexibility index (Phi) is 5.25. The van der Waals surface area contributed by atoms with Crippen LogP contribution in [0.1, 0.15) is 0 Å². The molecule has 46 heavy (non-hydrogen) atoms. The van der Waals surface area contributed by atoms with Crippen molar-refractivity contribution < 1.29 is 0 Å².